The van der Waals surface area contributed by atoms with Crippen molar-refractivity contribution in [1.82, 2.24) is 15.5 Å². The first-order valence-corrected chi connectivity index (χ1v) is 8.40. The summed E-state index contributed by atoms with van der Waals surface area (Å²) in [7, 11) is 0. The summed E-state index contributed by atoms with van der Waals surface area (Å²) >= 11 is 1.58. The van der Waals surface area contributed by atoms with Gasteiger partial charge in [-0.3, -0.25) is 4.79 Å². The lowest BCUT2D eigenvalue weighted by Crippen LogP contribution is -2.29. The molecule has 0 radical (unpaired) electrons. The molecule has 1 amide bonds. The van der Waals surface area contributed by atoms with Gasteiger partial charge in [-0.25, -0.2) is 0 Å². The van der Waals surface area contributed by atoms with Gasteiger partial charge in [-0.2, -0.15) is 4.98 Å². The number of nitrogens with one attached hydrogen (secondary N) is 1. The number of nitrogens with zero attached hydrogens (tertiary/aromatic N) is 2. The quantitative estimate of drug-likeness (QED) is 0.846. The number of carbonyl (C=O) groups excluding carboxylic acids is 1. The fourth-order valence-electron chi connectivity index (χ4n) is 2.35. The zero-order valence-corrected chi connectivity index (χ0v) is 13.1. The summed E-state index contributed by atoms with van der Waals surface area (Å²) in [6.07, 6.45) is 2.84. The standard InChI is InChI=1S/C15H19N3O3S/c19-13(16-9-11-6-7-20-10-11)4-1-5-14-17-15(18-21-14)12-3-2-8-22-12/h2-3,8,11H,1,4-7,9-10H2,(H,16,19). The molecular formula is C15H19N3O3S. The van der Waals surface area contributed by atoms with E-state index >= 15 is 0 Å². The highest BCUT2D eigenvalue weighted by molar-refractivity contribution is 7.13. The fourth-order valence-corrected chi connectivity index (χ4v) is 3.00. The van der Waals surface area contributed by atoms with Gasteiger partial charge in [0.1, 0.15) is 0 Å². The summed E-state index contributed by atoms with van der Waals surface area (Å²) in [5.41, 5.74) is 0. The molecule has 0 aliphatic carbocycles. The largest absolute Gasteiger partial charge is 0.381 e. The Bertz CT molecular complexity index is 591. The van der Waals surface area contributed by atoms with E-state index in [4.69, 9.17) is 9.26 Å². The zero-order chi connectivity index (χ0) is 15.2. The Balaban J connectivity index is 1.36. The van der Waals surface area contributed by atoms with Gasteiger partial charge in [0.05, 0.1) is 11.5 Å². The van der Waals surface area contributed by atoms with Crippen LogP contribution in [0.5, 0.6) is 0 Å². The first-order valence-electron chi connectivity index (χ1n) is 7.52. The topological polar surface area (TPSA) is 77.2 Å². The van der Waals surface area contributed by atoms with Crippen molar-refractivity contribution in [3.05, 3.63) is 23.4 Å². The smallest absolute Gasteiger partial charge is 0.226 e. The molecule has 1 saturated heterocycles. The van der Waals surface area contributed by atoms with E-state index in [1.54, 1.807) is 11.3 Å². The van der Waals surface area contributed by atoms with Gasteiger partial charge < -0.3 is 14.6 Å². The van der Waals surface area contributed by atoms with E-state index in [0.29, 0.717) is 43.4 Å². The van der Waals surface area contributed by atoms with Crippen molar-refractivity contribution in [2.45, 2.75) is 25.7 Å². The molecule has 22 heavy (non-hydrogen) atoms. The molecular weight excluding hydrogens is 302 g/mol. The van der Waals surface area contributed by atoms with E-state index in [9.17, 15) is 4.79 Å². The van der Waals surface area contributed by atoms with E-state index in [-0.39, 0.29) is 5.91 Å². The van der Waals surface area contributed by atoms with Crippen LogP contribution in [0.2, 0.25) is 0 Å². The molecule has 118 valence electrons. The molecule has 3 rings (SSSR count). The minimum absolute atomic E-state index is 0.0740. The van der Waals surface area contributed by atoms with E-state index in [1.165, 1.54) is 0 Å². The van der Waals surface area contributed by atoms with Crippen molar-refractivity contribution < 1.29 is 14.1 Å². The Kier molecular flexibility index (Phi) is 5.18. The second-order valence-electron chi connectivity index (χ2n) is 5.38. The Morgan fingerprint density at radius 2 is 2.45 bits per heavy atom. The monoisotopic (exact) mass is 321 g/mol. The second-order valence-corrected chi connectivity index (χ2v) is 6.32. The average molecular weight is 321 g/mol. The molecule has 1 N–H and O–H groups in total. The molecule has 2 aromatic heterocycles. The minimum atomic E-state index is 0.0740. The molecule has 6 nitrogen and oxygen atoms in total. The number of aryl methyl sites for hydroxylation is 1. The number of ether oxygens (including phenoxy) is 1. The van der Waals surface area contributed by atoms with Crippen molar-refractivity contribution in [3.8, 4) is 10.7 Å². The van der Waals surface area contributed by atoms with Crippen LogP contribution >= 0.6 is 11.3 Å². The van der Waals surface area contributed by atoms with Crippen molar-refractivity contribution in [2.24, 2.45) is 5.92 Å². The van der Waals surface area contributed by atoms with Gasteiger partial charge in [-0.1, -0.05) is 11.2 Å². The van der Waals surface area contributed by atoms with Crippen molar-refractivity contribution in [3.63, 3.8) is 0 Å². The van der Waals surface area contributed by atoms with Crippen LogP contribution < -0.4 is 5.32 Å². The summed E-state index contributed by atoms with van der Waals surface area (Å²) in [5, 5.41) is 8.89. The van der Waals surface area contributed by atoms with E-state index in [1.807, 2.05) is 17.5 Å². The fraction of sp³-hybridized carbons (Fsp3) is 0.533. The molecule has 0 aromatic carbocycles. The normalized spacial score (nSPS) is 17.7. The summed E-state index contributed by atoms with van der Waals surface area (Å²) < 4.78 is 10.5. The maximum atomic E-state index is 11.8. The van der Waals surface area contributed by atoms with Gasteiger partial charge >= 0.3 is 0 Å². The van der Waals surface area contributed by atoms with Crippen LogP contribution in [0.15, 0.2) is 22.0 Å². The molecule has 3 heterocycles. The van der Waals surface area contributed by atoms with Gasteiger partial charge in [0.15, 0.2) is 0 Å². The summed E-state index contributed by atoms with van der Waals surface area (Å²) in [6.45, 7) is 2.28. The third-order valence-electron chi connectivity index (χ3n) is 3.62. The first kappa shape index (κ1) is 15.2. The van der Waals surface area contributed by atoms with Gasteiger partial charge in [0.2, 0.25) is 17.6 Å². The van der Waals surface area contributed by atoms with Gasteiger partial charge in [-0.05, 0) is 24.3 Å². The molecule has 1 fully saturated rings. The number of thiophene rings is 1. The second kappa shape index (κ2) is 7.51. The van der Waals surface area contributed by atoms with E-state index in [2.05, 4.69) is 15.5 Å². The number of rotatable bonds is 7. The molecule has 1 unspecified atom stereocenters. The molecule has 0 spiro atoms. The molecule has 7 heteroatoms. The van der Waals surface area contributed by atoms with Crippen LogP contribution in [0.3, 0.4) is 0 Å². The Morgan fingerprint density at radius 3 is 3.23 bits per heavy atom. The SMILES string of the molecule is O=C(CCCc1nc(-c2cccs2)no1)NCC1CCOC1. The van der Waals surface area contributed by atoms with Crippen LogP contribution in [0.25, 0.3) is 10.7 Å². The van der Waals surface area contributed by atoms with Crippen molar-refractivity contribution in [1.29, 1.82) is 0 Å². The molecule has 1 atom stereocenters. The lowest BCUT2D eigenvalue weighted by atomic mass is 10.1. The van der Waals surface area contributed by atoms with Gasteiger partial charge in [0, 0.05) is 31.9 Å². The maximum Gasteiger partial charge on any atom is 0.226 e. The molecule has 0 bridgehead atoms. The van der Waals surface area contributed by atoms with Crippen molar-refractivity contribution in [2.75, 3.05) is 19.8 Å². The van der Waals surface area contributed by atoms with Crippen LogP contribution in [0.1, 0.15) is 25.2 Å². The molecule has 0 saturated carbocycles. The molecule has 1 aliphatic rings. The highest BCUT2D eigenvalue weighted by atomic mass is 32.1. The number of hydrogen-bond acceptors (Lipinski definition) is 6. The summed E-state index contributed by atoms with van der Waals surface area (Å²) in [6, 6.07) is 3.91. The van der Waals surface area contributed by atoms with Gasteiger partial charge in [0.25, 0.3) is 0 Å². The highest BCUT2D eigenvalue weighted by Crippen LogP contribution is 2.21. The van der Waals surface area contributed by atoms with Crippen LogP contribution in [-0.4, -0.2) is 35.8 Å². The number of amides is 1. The average Bonchev–Trinajstić information content (AvgIpc) is 3.26. The third kappa shape index (κ3) is 4.14. The maximum absolute atomic E-state index is 11.8. The Morgan fingerprint density at radius 1 is 1.50 bits per heavy atom. The molecule has 1 aliphatic heterocycles. The first-order chi connectivity index (χ1) is 10.8. The predicted octanol–water partition coefficient (Wildman–Crippen LogP) is 2.27. The van der Waals surface area contributed by atoms with E-state index < -0.39 is 0 Å². The van der Waals surface area contributed by atoms with Gasteiger partial charge in [-0.15, -0.1) is 11.3 Å². The number of carbonyl (C=O) groups is 1. The van der Waals surface area contributed by atoms with Crippen LogP contribution in [0, 0.1) is 5.92 Å². The number of hydrogen-bond donors (Lipinski definition) is 1. The lowest BCUT2D eigenvalue weighted by molar-refractivity contribution is -0.121. The number of aromatic nitrogens is 2. The lowest BCUT2D eigenvalue weighted by Gasteiger charge is -2.08. The van der Waals surface area contributed by atoms with Crippen LogP contribution in [0.4, 0.5) is 0 Å². The Hall–Kier alpha value is -1.73. The molecule has 2 aromatic rings. The van der Waals surface area contributed by atoms with Crippen molar-refractivity contribution >= 4 is 17.2 Å². The highest BCUT2D eigenvalue weighted by Gasteiger charge is 2.16. The zero-order valence-electron chi connectivity index (χ0n) is 12.3. The van der Waals surface area contributed by atoms with E-state index in [0.717, 1.165) is 24.5 Å². The Labute approximate surface area is 132 Å². The van der Waals surface area contributed by atoms with Crippen LogP contribution in [-0.2, 0) is 16.0 Å². The summed E-state index contributed by atoms with van der Waals surface area (Å²) in [4.78, 5) is 17.1. The minimum Gasteiger partial charge on any atom is -0.381 e. The third-order valence-corrected chi connectivity index (χ3v) is 4.48. The summed E-state index contributed by atoms with van der Waals surface area (Å²) in [5.74, 6) is 1.74. The predicted molar refractivity (Wildman–Crippen MR) is 82.5 cm³/mol.